The Labute approximate surface area is 148 Å². The first kappa shape index (κ1) is 17.0. The molecule has 0 saturated carbocycles. The molecule has 1 aromatic carbocycles. The first-order valence-electron chi connectivity index (χ1n) is 8.51. The highest BCUT2D eigenvalue weighted by atomic mass is 35.5. The van der Waals surface area contributed by atoms with Crippen LogP contribution in [0.4, 0.5) is 0 Å². The van der Waals surface area contributed by atoms with Gasteiger partial charge in [-0.15, -0.1) is 12.4 Å². The summed E-state index contributed by atoms with van der Waals surface area (Å²) in [5.74, 6) is -0.00951. The van der Waals surface area contributed by atoms with Gasteiger partial charge in [0.1, 0.15) is 0 Å². The summed E-state index contributed by atoms with van der Waals surface area (Å²) in [5.41, 5.74) is 4.00. The minimum absolute atomic E-state index is 0. The molecule has 2 N–H and O–H groups in total. The Morgan fingerprint density at radius 3 is 2.67 bits per heavy atom. The molecule has 0 bridgehead atoms. The van der Waals surface area contributed by atoms with Crippen molar-refractivity contribution in [1.29, 1.82) is 0 Å². The van der Waals surface area contributed by atoms with Crippen molar-refractivity contribution in [3.05, 3.63) is 47.3 Å². The Balaban J connectivity index is 0.00000169. The molecule has 2 aliphatic rings. The smallest absolute Gasteiger partial charge is 0.272 e. The van der Waals surface area contributed by atoms with E-state index in [4.69, 9.17) is 0 Å². The van der Waals surface area contributed by atoms with E-state index in [9.17, 15) is 4.79 Å². The molecule has 0 spiro atoms. The Kier molecular flexibility index (Phi) is 5.21. The quantitative estimate of drug-likeness (QED) is 0.896. The minimum atomic E-state index is -0.00951. The lowest BCUT2D eigenvalue weighted by Gasteiger charge is -2.23. The number of nitrogens with zero attached hydrogens (tertiary/aromatic N) is 2. The summed E-state index contributed by atoms with van der Waals surface area (Å²) in [6.45, 7) is 1.95. The first-order chi connectivity index (χ1) is 11.3. The summed E-state index contributed by atoms with van der Waals surface area (Å²) in [5, 5.41) is 11.2. The van der Waals surface area contributed by atoms with E-state index in [1.807, 2.05) is 35.0 Å². The van der Waals surface area contributed by atoms with E-state index in [1.54, 1.807) is 0 Å². The molecule has 1 aliphatic carbocycles. The van der Waals surface area contributed by atoms with Crippen molar-refractivity contribution in [3.8, 4) is 5.69 Å². The van der Waals surface area contributed by atoms with Crippen molar-refractivity contribution >= 4 is 18.3 Å². The predicted molar refractivity (Wildman–Crippen MR) is 96.2 cm³/mol. The van der Waals surface area contributed by atoms with Crippen molar-refractivity contribution in [2.24, 2.45) is 0 Å². The normalized spacial score (nSPS) is 17.2. The highest BCUT2D eigenvalue weighted by Crippen LogP contribution is 2.27. The second kappa shape index (κ2) is 7.36. The Hall–Kier alpha value is -1.85. The number of amides is 1. The predicted octanol–water partition coefficient (Wildman–Crippen LogP) is 2.26. The topological polar surface area (TPSA) is 59.0 Å². The van der Waals surface area contributed by atoms with Crippen LogP contribution in [0.15, 0.2) is 30.3 Å². The maximum absolute atomic E-state index is 12.7. The fourth-order valence-corrected chi connectivity index (χ4v) is 3.62. The van der Waals surface area contributed by atoms with Crippen molar-refractivity contribution in [2.75, 3.05) is 13.1 Å². The molecule has 1 amide bonds. The van der Waals surface area contributed by atoms with E-state index < -0.39 is 0 Å². The van der Waals surface area contributed by atoms with Crippen molar-refractivity contribution in [3.63, 3.8) is 0 Å². The number of piperidine rings is 1. The molecule has 0 atom stereocenters. The van der Waals surface area contributed by atoms with Gasteiger partial charge in [-0.3, -0.25) is 4.79 Å². The minimum Gasteiger partial charge on any atom is -0.348 e. The molecule has 1 fully saturated rings. The standard InChI is InChI=1S/C18H22N4O.ClH/c23-18(20-13-9-11-19-12-10-13)17-15-7-4-8-16(15)22(21-17)14-5-2-1-3-6-14;/h1-3,5-6,13,19H,4,7-12H2,(H,20,23);1H. The second-order valence-corrected chi connectivity index (χ2v) is 6.37. The number of para-hydroxylation sites is 1. The summed E-state index contributed by atoms with van der Waals surface area (Å²) in [6.07, 6.45) is 5.04. The van der Waals surface area contributed by atoms with Gasteiger partial charge in [-0.25, -0.2) is 4.68 Å². The van der Waals surface area contributed by atoms with Crippen LogP contribution in [0.1, 0.15) is 41.0 Å². The number of carbonyl (C=O) groups is 1. The lowest BCUT2D eigenvalue weighted by Crippen LogP contribution is -2.43. The number of halogens is 1. The highest BCUT2D eigenvalue weighted by Gasteiger charge is 2.28. The summed E-state index contributed by atoms with van der Waals surface area (Å²) in [6, 6.07) is 10.4. The Bertz CT molecular complexity index is 707. The SMILES string of the molecule is Cl.O=C(NC1CCNCC1)c1nn(-c2ccccc2)c2c1CCC2. The van der Waals surface area contributed by atoms with Gasteiger partial charge in [0.2, 0.25) is 0 Å². The molecule has 24 heavy (non-hydrogen) atoms. The van der Waals surface area contributed by atoms with Gasteiger partial charge >= 0.3 is 0 Å². The number of carbonyl (C=O) groups excluding carboxylic acids is 1. The van der Waals surface area contributed by atoms with E-state index in [2.05, 4.69) is 15.7 Å². The van der Waals surface area contributed by atoms with Gasteiger partial charge in [0.15, 0.2) is 5.69 Å². The zero-order valence-electron chi connectivity index (χ0n) is 13.6. The van der Waals surface area contributed by atoms with Gasteiger partial charge in [0, 0.05) is 17.3 Å². The monoisotopic (exact) mass is 346 g/mol. The van der Waals surface area contributed by atoms with Crippen molar-refractivity contribution in [1.82, 2.24) is 20.4 Å². The third-order valence-electron chi connectivity index (χ3n) is 4.82. The van der Waals surface area contributed by atoms with Gasteiger partial charge in [-0.05, 0) is 57.3 Å². The van der Waals surface area contributed by atoms with Crippen LogP contribution in [0.25, 0.3) is 5.69 Å². The molecule has 1 aliphatic heterocycles. The van der Waals surface area contributed by atoms with Crippen LogP contribution in [-0.2, 0) is 12.8 Å². The summed E-state index contributed by atoms with van der Waals surface area (Å²) < 4.78 is 1.96. The summed E-state index contributed by atoms with van der Waals surface area (Å²) in [4.78, 5) is 12.7. The number of nitrogens with one attached hydrogen (secondary N) is 2. The molecule has 5 nitrogen and oxygen atoms in total. The summed E-state index contributed by atoms with van der Waals surface area (Å²) >= 11 is 0. The van der Waals surface area contributed by atoms with Crippen molar-refractivity contribution in [2.45, 2.75) is 38.1 Å². The number of hydrogen-bond donors (Lipinski definition) is 2. The number of aromatic nitrogens is 2. The molecule has 1 aromatic heterocycles. The average Bonchev–Trinajstić information content (AvgIpc) is 3.18. The molecule has 0 radical (unpaired) electrons. The maximum Gasteiger partial charge on any atom is 0.272 e. The van der Waals surface area contributed by atoms with Gasteiger partial charge in [-0.1, -0.05) is 18.2 Å². The molecule has 2 aromatic rings. The fraction of sp³-hybridized carbons (Fsp3) is 0.444. The van der Waals surface area contributed by atoms with Crippen LogP contribution in [-0.4, -0.2) is 34.8 Å². The average molecular weight is 347 g/mol. The van der Waals surface area contributed by atoms with E-state index in [0.29, 0.717) is 5.69 Å². The number of benzene rings is 1. The molecule has 1 saturated heterocycles. The summed E-state index contributed by atoms with van der Waals surface area (Å²) in [7, 11) is 0. The first-order valence-corrected chi connectivity index (χ1v) is 8.51. The van der Waals surface area contributed by atoms with E-state index in [0.717, 1.165) is 56.4 Å². The van der Waals surface area contributed by atoms with E-state index >= 15 is 0 Å². The number of rotatable bonds is 3. The van der Waals surface area contributed by atoms with Gasteiger partial charge in [0.25, 0.3) is 5.91 Å². The van der Waals surface area contributed by atoms with Gasteiger partial charge in [-0.2, -0.15) is 5.10 Å². The molecular formula is C18H23ClN4O. The Morgan fingerprint density at radius 2 is 1.92 bits per heavy atom. The lowest BCUT2D eigenvalue weighted by atomic mass is 10.1. The van der Waals surface area contributed by atoms with Crippen LogP contribution < -0.4 is 10.6 Å². The third kappa shape index (κ3) is 3.19. The Morgan fingerprint density at radius 1 is 1.17 bits per heavy atom. The zero-order chi connectivity index (χ0) is 15.6. The molecule has 6 heteroatoms. The molecule has 2 heterocycles. The van der Waals surface area contributed by atoms with Crippen LogP contribution in [0, 0.1) is 0 Å². The largest absolute Gasteiger partial charge is 0.348 e. The van der Waals surface area contributed by atoms with Crippen LogP contribution in [0.5, 0.6) is 0 Å². The van der Waals surface area contributed by atoms with Gasteiger partial charge in [0.05, 0.1) is 5.69 Å². The molecule has 4 rings (SSSR count). The van der Waals surface area contributed by atoms with Gasteiger partial charge < -0.3 is 10.6 Å². The van der Waals surface area contributed by atoms with Crippen LogP contribution in [0.3, 0.4) is 0 Å². The number of fused-ring (bicyclic) bond motifs is 1. The second-order valence-electron chi connectivity index (χ2n) is 6.37. The maximum atomic E-state index is 12.7. The van der Waals surface area contributed by atoms with E-state index in [1.165, 1.54) is 5.69 Å². The number of hydrogen-bond acceptors (Lipinski definition) is 3. The lowest BCUT2D eigenvalue weighted by molar-refractivity contribution is 0.0923. The van der Waals surface area contributed by atoms with E-state index in [-0.39, 0.29) is 24.4 Å². The molecular weight excluding hydrogens is 324 g/mol. The van der Waals surface area contributed by atoms with Crippen molar-refractivity contribution < 1.29 is 4.79 Å². The molecule has 0 unspecified atom stereocenters. The molecule has 128 valence electrons. The van der Waals surface area contributed by atoms with Crippen LogP contribution in [0.2, 0.25) is 0 Å². The van der Waals surface area contributed by atoms with Crippen LogP contribution >= 0.6 is 12.4 Å². The highest BCUT2D eigenvalue weighted by molar-refractivity contribution is 5.94. The zero-order valence-corrected chi connectivity index (χ0v) is 14.4. The fourth-order valence-electron chi connectivity index (χ4n) is 3.62. The third-order valence-corrected chi connectivity index (χ3v) is 4.82.